The van der Waals surface area contributed by atoms with E-state index in [-0.39, 0.29) is 17.4 Å². The Balaban J connectivity index is 2.59. The van der Waals surface area contributed by atoms with E-state index in [0.29, 0.717) is 19.1 Å². The van der Waals surface area contributed by atoms with Gasteiger partial charge in [-0.2, -0.15) is 0 Å². The molecule has 1 aliphatic carbocycles. The van der Waals surface area contributed by atoms with Crippen molar-refractivity contribution in [2.24, 2.45) is 11.3 Å². The van der Waals surface area contributed by atoms with E-state index in [1.165, 1.54) is 19.4 Å². The molecule has 0 spiro atoms. The largest absolute Gasteiger partial charge is 0.466 e. The van der Waals surface area contributed by atoms with E-state index < -0.39 is 0 Å². The predicted octanol–water partition coefficient (Wildman–Crippen LogP) is 2.48. The van der Waals surface area contributed by atoms with Crippen molar-refractivity contribution in [2.75, 3.05) is 13.2 Å². The summed E-state index contributed by atoms with van der Waals surface area (Å²) in [6.07, 6.45) is 0.910. The van der Waals surface area contributed by atoms with E-state index in [1.807, 2.05) is 6.92 Å². The van der Waals surface area contributed by atoms with Crippen molar-refractivity contribution < 1.29 is 19.1 Å². The van der Waals surface area contributed by atoms with Crippen LogP contribution in [0.2, 0.25) is 0 Å². The van der Waals surface area contributed by atoms with E-state index in [1.54, 1.807) is 0 Å². The number of hydrogen-bond acceptors (Lipinski definition) is 4. The van der Waals surface area contributed by atoms with Crippen LogP contribution in [0.1, 0.15) is 41.0 Å². The number of carbonyl (C=O) groups is 2. The molecule has 0 aromatic carbocycles. The third-order valence-corrected chi connectivity index (χ3v) is 3.74. The molecule has 0 saturated heterocycles. The van der Waals surface area contributed by atoms with Crippen molar-refractivity contribution in [3.8, 4) is 0 Å². The van der Waals surface area contributed by atoms with Gasteiger partial charge in [0.25, 0.3) is 0 Å². The molecule has 1 unspecified atom stereocenters. The molecule has 1 rings (SSSR count). The van der Waals surface area contributed by atoms with Gasteiger partial charge < -0.3 is 9.47 Å². The number of esters is 2. The SMILES string of the molecule is CC(=O)OC/C(C)=C1\CC(COC(C)=O)C1(C)C. The standard InChI is InChI=1S/C14H22O4/c1-9(7-17-10(2)15)13-6-12(14(13,4)5)8-18-11(3)16/h12H,6-8H2,1-5H3/b13-9+. The molecule has 1 fully saturated rings. The lowest BCUT2D eigenvalue weighted by atomic mass is 9.58. The quantitative estimate of drug-likeness (QED) is 0.571. The van der Waals surface area contributed by atoms with Crippen LogP contribution in [0.25, 0.3) is 0 Å². The van der Waals surface area contributed by atoms with Gasteiger partial charge in [-0.25, -0.2) is 0 Å². The van der Waals surface area contributed by atoms with Crippen LogP contribution >= 0.6 is 0 Å². The first-order valence-electron chi connectivity index (χ1n) is 6.21. The molecule has 102 valence electrons. The first kappa shape index (κ1) is 14.7. The zero-order valence-electron chi connectivity index (χ0n) is 11.8. The van der Waals surface area contributed by atoms with Gasteiger partial charge in [-0.05, 0) is 24.3 Å². The zero-order chi connectivity index (χ0) is 13.9. The van der Waals surface area contributed by atoms with Crippen molar-refractivity contribution in [3.63, 3.8) is 0 Å². The smallest absolute Gasteiger partial charge is 0.302 e. The van der Waals surface area contributed by atoms with E-state index >= 15 is 0 Å². The minimum absolute atomic E-state index is 0.0136. The summed E-state index contributed by atoms with van der Waals surface area (Å²) in [4.78, 5) is 21.6. The Labute approximate surface area is 108 Å². The molecule has 0 N–H and O–H groups in total. The zero-order valence-corrected chi connectivity index (χ0v) is 11.8. The third kappa shape index (κ3) is 3.34. The maximum Gasteiger partial charge on any atom is 0.302 e. The van der Waals surface area contributed by atoms with E-state index in [2.05, 4.69) is 13.8 Å². The summed E-state index contributed by atoms with van der Waals surface area (Å²) >= 11 is 0. The Kier molecular flexibility index (Phi) is 4.54. The Morgan fingerprint density at radius 1 is 1.17 bits per heavy atom. The van der Waals surface area contributed by atoms with Crippen LogP contribution in [0.15, 0.2) is 11.1 Å². The van der Waals surface area contributed by atoms with Crippen molar-refractivity contribution in [2.45, 2.75) is 41.0 Å². The van der Waals surface area contributed by atoms with Gasteiger partial charge in [0.05, 0.1) is 6.61 Å². The van der Waals surface area contributed by atoms with Crippen LogP contribution in [0.4, 0.5) is 0 Å². The summed E-state index contributed by atoms with van der Waals surface area (Å²) in [5.74, 6) is -0.146. The molecule has 0 amide bonds. The molecule has 1 saturated carbocycles. The molecule has 0 radical (unpaired) electrons. The molecule has 1 atom stereocenters. The second-order valence-corrected chi connectivity index (χ2v) is 5.46. The fraction of sp³-hybridized carbons (Fsp3) is 0.714. The van der Waals surface area contributed by atoms with Gasteiger partial charge in [-0.1, -0.05) is 19.4 Å². The molecule has 0 aliphatic heterocycles. The van der Waals surface area contributed by atoms with Crippen LogP contribution < -0.4 is 0 Å². The fourth-order valence-corrected chi connectivity index (χ4v) is 2.39. The highest BCUT2D eigenvalue weighted by Gasteiger charge is 2.44. The second kappa shape index (κ2) is 5.55. The normalized spacial score (nSPS) is 23.9. The lowest BCUT2D eigenvalue weighted by Crippen LogP contribution is -2.42. The van der Waals surface area contributed by atoms with Gasteiger partial charge in [0.2, 0.25) is 0 Å². The van der Waals surface area contributed by atoms with Gasteiger partial charge in [-0.3, -0.25) is 9.59 Å². The highest BCUT2D eigenvalue weighted by Crippen LogP contribution is 2.52. The summed E-state index contributed by atoms with van der Waals surface area (Å²) in [6.45, 7) is 9.92. The summed E-state index contributed by atoms with van der Waals surface area (Å²) in [6, 6.07) is 0. The van der Waals surface area contributed by atoms with Crippen molar-refractivity contribution in [3.05, 3.63) is 11.1 Å². The number of ether oxygens (including phenoxy) is 2. The molecule has 0 aromatic rings. The summed E-state index contributed by atoms with van der Waals surface area (Å²) in [5.41, 5.74) is 2.43. The molecular weight excluding hydrogens is 232 g/mol. The lowest BCUT2D eigenvalue weighted by Gasteiger charge is -2.48. The highest BCUT2D eigenvalue weighted by molar-refractivity contribution is 5.66. The van der Waals surface area contributed by atoms with Crippen LogP contribution in [-0.2, 0) is 19.1 Å². The Morgan fingerprint density at radius 2 is 1.72 bits per heavy atom. The van der Waals surface area contributed by atoms with Crippen molar-refractivity contribution >= 4 is 11.9 Å². The molecule has 0 bridgehead atoms. The third-order valence-electron chi connectivity index (χ3n) is 3.74. The molecule has 4 heteroatoms. The average molecular weight is 254 g/mol. The van der Waals surface area contributed by atoms with E-state index in [9.17, 15) is 9.59 Å². The molecule has 18 heavy (non-hydrogen) atoms. The average Bonchev–Trinajstić information content (AvgIpc) is 2.24. The van der Waals surface area contributed by atoms with E-state index in [4.69, 9.17) is 9.47 Å². The first-order valence-corrected chi connectivity index (χ1v) is 6.21. The highest BCUT2D eigenvalue weighted by atomic mass is 16.5. The second-order valence-electron chi connectivity index (χ2n) is 5.46. The van der Waals surface area contributed by atoms with Crippen LogP contribution in [0.3, 0.4) is 0 Å². The Morgan fingerprint density at radius 3 is 2.17 bits per heavy atom. The minimum Gasteiger partial charge on any atom is -0.466 e. The van der Waals surface area contributed by atoms with Crippen molar-refractivity contribution in [1.82, 2.24) is 0 Å². The number of allylic oxidation sites excluding steroid dienone is 1. The lowest BCUT2D eigenvalue weighted by molar-refractivity contribution is -0.144. The number of hydrogen-bond donors (Lipinski definition) is 0. The maximum atomic E-state index is 10.8. The summed E-state index contributed by atoms with van der Waals surface area (Å²) < 4.78 is 10.1. The number of carbonyl (C=O) groups excluding carboxylic acids is 2. The Bertz CT molecular complexity index is 379. The predicted molar refractivity (Wildman–Crippen MR) is 67.9 cm³/mol. The van der Waals surface area contributed by atoms with Gasteiger partial charge in [0, 0.05) is 19.8 Å². The molecule has 0 heterocycles. The van der Waals surface area contributed by atoms with Gasteiger partial charge in [0.1, 0.15) is 6.61 Å². The fourth-order valence-electron chi connectivity index (χ4n) is 2.39. The van der Waals surface area contributed by atoms with Crippen LogP contribution in [0.5, 0.6) is 0 Å². The van der Waals surface area contributed by atoms with Crippen LogP contribution in [0, 0.1) is 11.3 Å². The Hall–Kier alpha value is -1.32. The monoisotopic (exact) mass is 254 g/mol. The number of rotatable bonds is 4. The van der Waals surface area contributed by atoms with E-state index in [0.717, 1.165) is 12.0 Å². The van der Waals surface area contributed by atoms with Crippen LogP contribution in [-0.4, -0.2) is 25.2 Å². The topological polar surface area (TPSA) is 52.6 Å². The maximum absolute atomic E-state index is 10.8. The van der Waals surface area contributed by atoms with Gasteiger partial charge >= 0.3 is 11.9 Å². The molecule has 1 aliphatic rings. The van der Waals surface area contributed by atoms with Gasteiger partial charge in [-0.15, -0.1) is 0 Å². The van der Waals surface area contributed by atoms with Gasteiger partial charge in [0.15, 0.2) is 0 Å². The summed E-state index contributed by atoms with van der Waals surface area (Å²) in [5, 5.41) is 0. The molecule has 0 aromatic heterocycles. The first-order chi connectivity index (χ1) is 8.25. The molecular formula is C14H22O4. The minimum atomic E-state index is -0.261. The molecule has 4 nitrogen and oxygen atoms in total. The summed E-state index contributed by atoms with van der Waals surface area (Å²) in [7, 11) is 0. The van der Waals surface area contributed by atoms with Crippen molar-refractivity contribution in [1.29, 1.82) is 0 Å².